The molecule has 3 rings (SSSR count). The molecule has 2 heterocycles. The quantitative estimate of drug-likeness (QED) is 0.807. The van der Waals surface area contributed by atoms with Crippen molar-refractivity contribution in [3.63, 3.8) is 0 Å². The second-order valence-electron chi connectivity index (χ2n) is 6.63. The van der Waals surface area contributed by atoms with Crippen molar-refractivity contribution in [3.05, 3.63) is 40.7 Å². The predicted molar refractivity (Wildman–Crippen MR) is 102 cm³/mol. The van der Waals surface area contributed by atoms with Gasteiger partial charge in [-0.25, -0.2) is 4.68 Å². The molecule has 1 aromatic carbocycles. The Morgan fingerprint density at radius 3 is 2.33 bits per heavy atom. The van der Waals surface area contributed by atoms with Crippen LogP contribution in [0.3, 0.4) is 0 Å². The topological polar surface area (TPSA) is 73.7 Å². The van der Waals surface area contributed by atoms with Crippen LogP contribution in [0.2, 0.25) is 0 Å². The first-order valence-electron chi connectivity index (χ1n) is 9.16. The van der Waals surface area contributed by atoms with Crippen LogP contribution in [0.25, 0.3) is 11.3 Å². The summed E-state index contributed by atoms with van der Waals surface area (Å²) in [7, 11) is 3.10. The molecule has 7 heteroatoms. The van der Waals surface area contributed by atoms with Gasteiger partial charge in [0.2, 0.25) is 5.91 Å². The summed E-state index contributed by atoms with van der Waals surface area (Å²) in [5, 5.41) is 4.48. The fourth-order valence-corrected chi connectivity index (χ4v) is 3.32. The van der Waals surface area contributed by atoms with E-state index in [0.29, 0.717) is 11.4 Å². The third-order valence-corrected chi connectivity index (χ3v) is 4.90. The van der Waals surface area contributed by atoms with E-state index in [1.807, 2.05) is 29.2 Å². The molecule has 0 radical (unpaired) electrons. The van der Waals surface area contributed by atoms with Crippen LogP contribution in [0, 0.1) is 0 Å². The lowest BCUT2D eigenvalue weighted by molar-refractivity contribution is -0.135. The second-order valence-corrected chi connectivity index (χ2v) is 6.63. The number of amides is 1. The summed E-state index contributed by atoms with van der Waals surface area (Å²) in [5.41, 5.74) is 0.930. The molecule has 1 aliphatic heterocycles. The normalized spacial score (nSPS) is 15.3. The summed E-state index contributed by atoms with van der Waals surface area (Å²) in [5.74, 6) is 1.02. The van der Waals surface area contributed by atoms with Crippen LogP contribution in [0.15, 0.2) is 35.1 Å². The molecule has 144 valence electrons. The molecule has 0 bridgehead atoms. The second kappa shape index (κ2) is 8.24. The standard InChI is InChI=1S/C20H25N3O4/c1-14(20(25)22-11-5-4-6-12-22)23-18(24)13-17(27-3)19(21-23)15-7-9-16(26-2)10-8-15/h7-10,13-14H,4-6,11-12H2,1-3H3/t14-/m1/s1. The van der Waals surface area contributed by atoms with E-state index in [1.54, 1.807) is 14.0 Å². The van der Waals surface area contributed by atoms with Gasteiger partial charge in [-0.1, -0.05) is 0 Å². The first kappa shape index (κ1) is 18.9. The average molecular weight is 371 g/mol. The molecule has 0 spiro atoms. The third-order valence-electron chi connectivity index (χ3n) is 4.90. The zero-order valence-electron chi connectivity index (χ0n) is 16.0. The van der Waals surface area contributed by atoms with E-state index in [-0.39, 0.29) is 11.5 Å². The van der Waals surface area contributed by atoms with Gasteiger partial charge in [0.1, 0.15) is 17.5 Å². The number of carbonyl (C=O) groups is 1. The summed E-state index contributed by atoms with van der Waals surface area (Å²) in [6, 6.07) is 8.03. The molecule has 27 heavy (non-hydrogen) atoms. The van der Waals surface area contributed by atoms with Crippen molar-refractivity contribution in [3.8, 4) is 22.8 Å². The number of rotatable bonds is 5. The Morgan fingerprint density at radius 2 is 1.74 bits per heavy atom. The molecule has 1 aliphatic rings. The predicted octanol–water partition coefficient (Wildman–Crippen LogP) is 2.50. The average Bonchev–Trinajstić information content (AvgIpc) is 2.73. The zero-order chi connectivity index (χ0) is 19.4. The molecule has 0 unspecified atom stereocenters. The lowest BCUT2D eigenvalue weighted by Crippen LogP contribution is -2.42. The van der Waals surface area contributed by atoms with E-state index in [2.05, 4.69) is 5.10 Å². The largest absolute Gasteiger partial charge is 0.497 e. The van der Waals surface area contributed by atoms with E-state index < -0.39 is 6.04 Å². The van der Waals surface area contributed by atoms with Crippen LogP contribution < -0.4 is 15.0 Å². The molecule has 0 aliphatic carbocycles. The van der Waals surface area contributed by atoms with Gasteiger partial charge in [0, 0.05) is 24.7 Å². The smallest absolute Gasteiger partial charge is 0.271 e. The van der Waals surface area contributed by atoms with Crippen molar-refractivity contribution in [1.82, 2.24) is 14.7 Å². The summed E-state index contributed by atoms with van der Waals surface area (Å²) >= 11 is 0. The van der Waals surface area contributed by atoms with Gasteiger partial charge in [-0.2, -0.15) is 5.10 Å². The van der Waals surface area contributed by atoms with Crippen LogP contribution in [0.1, 0.15) is 32.2 Å². The van der Waals surface area contributed by atoms with Crippen molar-refractivity contribution >= 4 is 5.91 Å². The molecule has 1 atom stereocenters. The highest BCUT2D eigenvalue weighted by atomic mass is 16.5. The fraction of sp³-hybridized carbons (Fsp3) is 0.450. The maximum absolute atomic E-state index is 12.8. The number of methoxy groups -OCH3 is 2. The molecule has 1 saturated heterocycles. The Kier molecular flexibility index (Phi) is 5.78. The number of hydrogen-bond donors (Lipinski definition) is 0. The van der Waals surface area contributed by atoms with Crippen molar-refractivity contribution in [2.24, 2.45) is 0 Å². The maximum atomic E-state index is 12.8. The number of hydrogen-bond acceptors (Lipinski definition) is 5. The SMILES string of the molecule is COc1ccc(-c2nn([C@H](C)C(=O)N3CCCCC3)c(=O)cc2OC)cc1. The third kappa shape index (κ3) is 3.97. The summed E-state index contributed by atoms with van der Waals surface area (Å²) < 4.78 is 11.8. The van der Waals surface area contributed by atoms with Gasteiger partial charge in [0.05, 0.1) is 14.2 Å². The highest BCUT2D eigenvalue weighted by Crippen LogP contribution is 2.28. The number of aromatic nitrogens is 2. The van der Waals surface area contributed by atoms with Gasteiger partial charge < -0.3 is 14.4 Å². The summed E-state index contributed by atoms with van der Waals surface area (Å²) in [6.45, 7) is 3.19. The van der Waals surface area contributed by atoms with Crippen molar-refractivity contribution in [2.75, 3.05) is 27.3 Å². The van der Waals surface area contributed by atoms with E-state index in [4.69, 9.17) is 9.47 Å². The molecule has 7 nitrogen and oxygen atoms in total. The minimum Gasteiger partial charge on any atom is -0.497 e. The van der Waals surface area contributed by atoms with Crippen molar-refractivity contribution < 1.29 is 14.3 Å². The van der Waals surface area contributed by atoms with Gasteiger partial charge in [0.15, 0.2) is 5.75 Å². The highest BCUT2D eigenvalue weighted by molar-refractivity contribution is 5.80. The fourth-order valence-electron chi connectivity index (χ4n) is 3.32. The number of likely N-dealkylation sites (tertiary alicyclic amines) is 1. The van der Waals surface area contributed by atoms with Crippen molar-refractivity contribution in [2.45, 2.75) is 32.2 Å². The number of nitrogens with zero attached hydrogens (tertiary/aromatic N) is 3. The van der Waals surface area contributed by atoms with E-state index >= 15 is 0 Å². The molecular formula is C20H25N3O4. The van der Waals surface area contributed by atoms with Crippen LogP contribution >= 0.6 is 0 Å². The Morgan fingerprint density at radius 1 is 1.07 bits per heavy atom. The molecule has 1 fully saturated rings. The zero-order valence-corrected chi connectivity index (χ0v) is 16.0. The van der Waals surface area contributed by atoms with Gasteiger partial charge in [-0.3, -0.25) is 9.59 Å². The number of carbonyl (C=O) groups excluding carboxylic acids is 1. The molecule has 2 aromatic rings. The van der Waals surface area contributed by atoms with E-state index in [0.717, 1.165) is 43.7 Å². The van der Waals surface area contributed by atoms with Gasteiger partial charge in [-0.05, 0) is 50.5 Å². The Hall–Kier alpha value is -2.83. The van der Waals surface area contributed by atoms with Gasteiger partial charge in [-0.15, -0.1) is 0 Å². The van der Waals surface area contributed by atoms with Gasteiger partial charge >= 0.3 is 0 Å². The van der Waals surface area contributed by atoms with Gasteiger partial charge in [0.25, 0.3) is 5.56 Å². The first-order valence-corrected chi connectivity index (χ1v) is 9.16. The van der Waals surface area contributed by atoms with Crippen LogP contribution in [0.4, 0.5) is 0 Å². The summed E-state index contributed by atoms with van der Waals surface area (Å²) in [4.78, 5) is 27.2. The number of ether oxygens (including phenoxy) is 2. The Balaban J connectivity index is 1.97. The molecule has 1 amide bonds. The van der Waals surface area contributed by atoms with E-state index in [1.165, 1.54) is 17.9 Å². The maximum Gasteiger partial charge on any atom is 0.271 e. The van der Waals surface area contributed by atoms with Crippen LogP contribution in [0.5, 0.6) is 11.5 Å². The Bertz CT molecular complexity index is 855. The monoisotopic (exact) mass is 371 g/mol. The molecule has 0 N–H and O–H groups in total. The van der Waals surface area contributed by atoms with Crippen molar-refractivity contribution in [1.29, 1.82) is 0 Å². The first-order chi connectivity index (χ1) is 13.0. The summed E-state index contributed by atoms with van der Waals surface area (Å²) in [6.07, 6.45) is 3.14. The number of piperidine rings is 1. The lowest BCUT2D eigenvalue weighted by Gasteiger charge is -2.29. The minimum absolute atomic E-state index is 0.0739. The minimum atomic E-state index is -0.668. The molecule has 1 aromatic heterocycles. The Labute approximate surface area is 158 Å². The lowest BCUT2D eigenvalue weighted by atomic mass is 10.1. The van der Waals surface area contributed by atoms with Crippen LogP contribution in [-0.4, -0.2) is 47.9 Å². The molecular weight excluding hydrogens is 346 g/mol. The van der Waals surface area contributed by atoms with Crippen LogP contribution in [-0.2, 0) is 4.79 Å². The number of benzene rings is 1. The van der Waals surface area contributed by atoms with E-state index in [9.17, 15) is 9.59 Å². The highest BCUT2D eigenvalue weighted by Gasteiger charge is 2.26. The molecule has 0 saturated carbocycles.